The van der Waals surface area contributed by atoms with Gasteiger partial charge in [0.1, 0.15) is 18.7 Å². The number of rotatable bonds is 7. The van der Waals surface area contributed by atoms with Crippen LogP contribution in [0.4, 0.5) is 0 Å². The fraction of sp³-hybridized carbons (Fsp3) is 0.588. The summed E-state index contributed by atoms with van der Waals surface area (Å²) in [6.07, 6.45) is 0.713. The fourth-order valence-corrected chi connectivity index (χ4v) is 1.69. The third kappa shape index (κ3) is 5.14. The second-order valence-electron chi connectivity index (χ2n) is 6.78. The summed E-state index contributed by atoms with van der Waals surface area (Å²) in [5.41, 5.74) is -0.191. The first-order valence-corrected chi connectivity index (χ1v) is 7.43. The minimum atomic E-state index is -0.671. The molecule has 21 heavy (non-hydrogen) atoms. The largest absolute Gasteiger partial charge is 0.634 e. The molecule has 0 radical (unpaired) electrons. The second-order valence-corrected chi connectivity index (χ2v) is 6.78. The lowest BCUT2D eigenvalue weighted by atomic mass is 9.90. The van der Waals surface area contributed by atoms with Crippen molar-refractivity contribution < 1.29 is 14.6 Å². The molecule has 1 atom stereocenters. The van der Waals surface area contributed by atoms with Crippen molar-refractivity contribution in [2.45, 2.75) is 53.1 Å². The first kappa shape index (κ1) is 17.7. The van der Waals surface area contributed by atoms with Crippen LogP contribution in [-0.2, 0) is 16.1 Å². The van der Waals surface area contributed by atoms with Crippen molar-refractivity contribution >= 4 is 5.97 Å². The number of carbonyl (C=O) groups is 1. The van der Waals surface area contributed by atoms with Gasteiger partial charge in [0.25, 0.3) is 0 Å². The highest BCUT2D eigenvalue weighted by Crippen LogP contribution is 2.21. The fourth-order valence-electron chi connectivity index (χ4n) is 1.69. The van der Waals surface area contributed by atoms with Gasteiger partial charge < -0.3 is 15.0 Å². The van der Waals surface area contributed by atoms with Gasteiger partial charge in [-0.05, 0) is 34.1 Å². The molecular weight excluding hydrogens is 266 g/mol. The van der Waals surface area contributed by atoms with Crippen LogP contribution in [0.1, 0.15) is 46.6 Å². The summed E-state index contributed by atoms with van der Waals surface area (Å²) >= 11 is 0. The zero-order chi connectivity index (χ0) is 16.1. The Morgan fingerprint density at radius 1 is 1.19 bits per heavy atom. The van der Waals surface area contributed by atoms with Gasteiger partial charge in [-0.25, -0.2) is 0 Å². The predicted molar refractivity (Wildman–Crippen MR) is 83.6 cm³/mol. The normalized spacial score (nSPS) is 13.8. The van der Waals surface area contributed by atoms with Crippen LogP contribution in [0.5, 0.6) is 0 Å². The number of nitrogens with one attached hydrogen (secondary N) is 1. The van der Waals surface area contributed by atoms with E-state index in [9.17, 15) is 10.0 Å². The molecule has 0 aliphatic heterocycles. The van der Waals surface area contributed by atoms with Crippen molar-refractivity contribution in [1.29, 1.82) is 0 Å². The Morgan fingerprint density at radius 2 is 1.76 bits per heavy atom. The molecule has 1 rings (SSSR count). The van der Waals surface area contributed by atoms with Crippen molar-refractivity contribution in [3.8, 4) is 0 Å². The molecule has 1 N–H and O–H groups in total. The highest BCUT2D eigenvalue weighted by molar-refractivity contribution is 5.75. The summed E-state index contributed by atoms with van der Waals surface area (Å²) in [6, 6.07) is 9.62. The standard InChI is InChI=1S/C17H27NO3/c1-6-16(2,3)15(19)21-13-17(4,5)18(20)12-14-10-8-7-9-11-14/h7-11,18H,6,12-13H2,1-5H3. The van der Waals surface area contributed by atoms with Crippen LogP contribution < -0.4 is 5.06 Å². The van der Waals surface area contributed by atoms with Crippen molar-refractivity contribution in [2.24, 2.45) is 5.41 Å². The molecular formula is C17H27NO3. The van der Waals surface area contributed by atoms with E-state index in [0.717, 1.165) is 5.56 Å². The molecule has 0 saturated heterocycles. The maximum absolute atomic E-state index is 12.4. The maximum Gasteiger partial charge on any atom is 0.311 e. The molecule has 0 spiro atoms. The van der Waals surface area contributed by atoms with E-state index in [1.807, 2.05) is 65.0 Å². The Morgan fingerprint density at radius 3 is 2.29 bits per heavy atom. The quantitative estimate of drug-likeness (QED) is 0.620. The monoisotopic (exact) mass is 293 g/mol. The molecule has 0 heterocycles. The summed E-state index contributed by atoms with van der Waals surface area (Å²) in [5, 5.41) is 12.5. The van der Waals surface area contributed by atoms with Gasteiger partial charge in [0.05, 0.1) is 5.41 Å². The Labute approximate surface area is 127 Å². The number of hydrogen-bond donors (Lipinski definition) is 1. The van der Waals surface area contributed by atoms with Gasteiger partial charge in [0, 0.05) is 5.56 Å². The van der Waals surface area contributed by atoms with Crippen LogP contribution in [-0.4, -0.2) is 18.1 Å². The zero-order valence-electron chi connectivity index (χ0n) is 13.7. The average molecular weight is 293 g/mol. The lowest BCUT2D eigenvalue weighted by molar-refractivity contribution is -0.914. The van der Waals surface area contributed by atoms with E-state index in [1.165, 1.54) is 0 Å². The Kier molecular flexibility index (Phi) is 5.93. The average Bonchev–Trinajstić information content (AvgIpc) is 2.45. The number of hydrogen-bond acceptors (Lipinski definition) is 3. The first-order valence-electron chi connectivity index (χ1n) is 7.43. The van der Waals surface area contributed by atoms with E-state index in [-0.39, 0.29) is 17.6 Å². The summed E-state index contributed by atoms with van der Waals surface area (Å²) in [7, 11) is 0. The topological polar surface area (TPSA) is 53.8 Å². The van der Waals surface area contributed by atoms with Crippen LogP contribution in [0.2, 0.25) is 0 Å². The van der Waals surface area contributed by atoms with E-state index < -0.39 is 11.0 Å². The molecule has 118 valence electrons. The van der Waals surface area contributed by atoms with Crippen molar-refractivity contribution in [2.75, 3.05) is 6.61 Å². The van der Waals surface area contributed by atoms with E-state index in [4.69, 9.17) is 4.74 Å². The second kappa shape index (κ2) is 7.05. The van der Waals surface area contributed by atoms with E-state index >= 15 is 0 Å². The van der Waals surface area contributed by atoms with E-state index in [1.54, 1.807) is 0 Å². The Balaban J connectivity index is 2.58. The van der Waals surface area contributed by atoms with Gasteiger partial charge in [-0.1, -0.05) is 37.3 Å². The molecule has 0 aliphatic rings. The van der Waals surface area contributed by atoms with Gasteiger partial charge in [-0.3, -0.25) is 4.79 Å². The van der Waals surface area contributed by atoms with Gasteiger partial charge in [0.15, 0.2) is 0 Å². The molecule has 0 amide bonds. The van der Waals surface area contributed by atoms with Crippen LogP contribution in [0.15, 0.2) is 30.3 Å². The van der Waals surface area contributed by atoms with Crippen molar-refractivity contribution in [3.05, 3.63) is 41.1 Å². The molecule has 1 unspecified atom stereocenters. The number of carbonyl (C=O) groups excluding carboxylic acids is 1. The summed E-state index contributed by atoms with van der Waals surface area (Å²) in [5.74, 6) is -0.245. The minimum absolute atomic E-state index is 0.0794. The lowest BCUT2D eigenvalue weighted by Gasteiger charge is -2.38. The molecule has 1 aromatic carbocycles. The van der Waals surface area contributed by atoms with E-state index in [2.05, 4.69) is 0 Å². The summed E-state index contributed by atoms with van der Waals surface area (Å²) in [4.78, 5) is 12.0. The van der Waals surface area contributed by atoms with Crippen LogP contribution in [0, 0.1) is 10.6 Å². The molecule has 0 aromatic heterocycles. The van der Waals surface area contributed by atoms with Crippen molar-refractivity contribution in [3.63, 3.8) is 0 Å². The molecule has 1 aromatic rings. The molecule has 4 nitrogen and oxygen atoms in total. The number of esters is 1. The third-order valence-corrected chi connectivity index (χ3v) is 3.96. The Hall–Kier alpha value is -1.39. The van der Waals surface area contributed by atoms with Crippen molar-refractivity contribution in [1.82, 2.24) is 0 Å². The predicted octanol–water partition coefficient (Wildman–Crippen LogP) is 2.33. The highest BCUT2D eigenvalue weighted by atomic mass is 16.5. The van der Waals surface area contributed by atoms with Crippen LogP contribution in [0.3, 0.4) is 0 Å². The van der Waals surface area contributed by atoms with Gasteiger partial charge >= 0.3 is 5.97 Å². The zero-order valence-corrected chi connectivity index (χ0v) is 13.7. The molecule has 0 fully saturated rings. The molecule has 0 aliphatic carbocycles. The van der Waals surface area contributed by atoms with Crippen LogP contribution >= 0.6 is 0 Å². The lowest BCUT2D eigenvalue weighted by Crippen LogP contribution is -3.14. The maximum atomic E-state index is 12.4. The number of hydroxylamine groups is 2. The smallest absolute Gasteiger partial charge is 0.311 e. The number of quaternary nitrogens is 1. The Bertz CT molecular complexity index is 454. The molecule has 0 bridgehead atoms. The third-order valence-electron chi connectivity index (χ3n) is 3.96. The highest BCUT2D eigenvalue weighted by Gasteiger charge is 2.32. The van der Waals surface area contributed by atoms with E-state index in [0.29, 0.717) is 13.0 Å². The summed E-state index contributed by atoms with van der Waals surface area (Å²) in [6.45, 7) is 9.80. The first-order chi connectivity index (χ1) is 9.69. The molecule has 0 saturated carbocycles. The van der Waals surface area contributed by atoms with Gasteiger partial charge in [0.2, 0.25) is 0 Å². The number of benzene rings is 1. The van der Waals surface area contributed by atoms with Gasteiger partial charge in [-0.15, -0.1) is 0 Å². The minimum Gasteiger partial charge on any atom is -0.634 e. The van der Waals surface area contributed by atoms with Crippen LogP contribution in [0.25, 0.3) is 0 Å². The molecule has 4 heteroatoms. The van der Waals surface area contributed by atoms with Gasteiger partial charge in [-0.2, -0.15) is 0 Å². The summed E-state index contributed by atoms with van der Waals surface area (Å²) < 4.78 is 5.36. The SMILES string of the molecule is CCC(C)(C)C(=O)OCC(C)(C)[NH+]([O-])Cc1ccccc1. The number of ether oxygens (including phenoxy) is 1.